The number of nitrogens with zero attached hydrogens (tertiary/aromatic N) is 2. The molecule has 1 aromatic carbocycles. The van der Waals surface area contributed by atoms with Gasteiger partial charge in [0, 0.05) is 12.6 Å². The van der Waals surface area contributed by atoms with Crippen LogP contribution in [0, 0.1) is 12.7 Å². The van der Waals surface area contributed by atoms with Crippen molar-refractivity contribution in [2.75, 3.05) is 0 Å². The van der Waals surface area contributed by atoms with Crippen LogP contribution in [0.15, 0.2) is 35.5 Å². The Morgan fingerprint density at radius 3 is 2.76 bits per heavy atom. The van der Waals surface area contributed by atoms with Crippen molar-refractivity contribution < 1.29 is 12.8 Å². The molecule has 0 atom stereocenters. The van der Waals surface area contributed by atoms with Crippen molar-refractivity contribution in [2.24, 2.45) is 0 Å². The molecule has 2 aromatic rings. The quantitative estimate of drug-likeness (QED) is 0.921. The lowest BCUT2D eigenvalue weighted by Crippen LogP contribution is -2.33. The zero-order chi connectivity index (χ0) is 15.0. The SMILES string of the molecule is Cc1ncc(S(=O)(=O)N(Cc2cccc(F)c2)C2CC2)[nH]1. The summed E-state index contributed by atoms with van der Waals surface area (Å²) in [6, 6.07) is 6.01. The molecule has 1 aromatic heterocycles. The Labute approximate surface area is 122 Å². The van der Waals surface area contributed by atoms with Gasteiger partial charge in [0.05, 0.1) is 6.20 Å². The molecule has 7 heteroatoms. The van der Waals surface area contributed by atoms with Gasteiger partial charge in [0.25, 0.3) is 10.0 Å². The number of nitrogens with one attached hydrogen (secondary N) is 1. The van der Waals surface area contributed by atoms with E-state index in [1.807, 2.05) is 0 Å². The van der Waals surface area contributed by atoms with E-state index in [4.69, 9.17) is 0 Å². The maximum atomic E-state index is 13.3. The van der Waals surface area contributed by atoms with E-state index in [2.05, 4.69) is 9.97 Å². The van der Waals surface area contributed by atoms with Crippen molar-refractivity contribution in [1.82, 2.24) is 14.3 Å². The van der Waals surface area contributed by atoms with Crippen molar-refractivity contribution in [3.63, 3.8) is 0 Å². The highest BCUT2D eigenvalue weighted by molar-refractivity contribution is 7.89. The molecule has 0 unspecified atom stereocenters. The van der Waals surface area contributed by atoms with Crippen LogP contribution in [0.4, 0.5) is 4.39 Å². The minimum absolute atomic E-state index is 0.0122. The summed E-state index contributed by atoms with van der Waals surface area (Å²) >= 11 is 0. The van der Waals surface area contributed by atoms with Crippen LogP contribution in [0.3, 0.4) is 0 Å². The third-order valence-electron chi connectivity index (χ3n) is 3.45. The fourth-order valence-electron chi connectivity index (χ4n) is 2.24. The van der Waals surface area contributed by atoms with E-state index in [0.717, 1.165) is 12.8 Å². The lowest BCUT2D eigenvalue weighted by atomic mass is 10.2. The maximum absolute atomic E-state index is 13.3. The molecule has 1 heterocycles. The lowest BCUT2D eigenvalue weighted by molar-refractivity contribution is 0.396. The molecule has 1 fully saturated rings. The summed E-state index contributed by atoms with van der Waals surface area (Å²) in [6.45, 7) is 1.87. The number of H-pyrrole nitrogens is 1. The molecule has 0 amide bonds. The van der Waals surface area contributed by atoms with E-state index in [0.29, 0.717) is 11.4 Å². The van der Waals surface area contributed by atoms with Crippen LogP contribution in [-0.4, -0.2) is 28.7 Å². The molecule has 1 aliphatic rings. The highest BCUT2D eigenvalue weighted by atomic mass is 32.2. The summed E-state index contributed by atoms with van der Waals surface area (Å²) in [7, 11) is -3.64. The zero-order valence-electron chi connectivity index (χ0n) is 11.6. The van der Waals surface area contributed by atoms with Crippen LogP contribution in [-0.2, 0) is 16.6 Å². The van der Waals surface area contributed by atoms with Gasteiger partial charge in [-0.15, -0.1) is 0 Å². The average Bonchev–Trinajstić information content (AvgIpc) is 3.16. The van der Waals surface area contributed by atoms with Gasteiger partial charge in [0.1, 0.15) is 11.6 Å². The molecular weight excluding hydrogens is 293 g/mol. The summed E-state index contributed by atoms with van der Waals surface area (Å²) in [5.41, 5.74) is 0.640. The van der Waals surface area contributed by atoms with E-state index >= 15 is 0 Å². The first-order valence-corrected chi connectivity index (χ1v) is 8.19. The minimum Gasteiger partial charge on any atom is -0.332 e. The van der Waals surface area contributed by atoms with E-state index in [1.165, 1.54) is 22.6 Å². The van der Waals surface area contributed by atoms with Gasteiger partial charge in [-0.1, -0.05) is 12.1 Å². The van der Waals surface area contributed by atoms with Crippen molar-refractivity contribution in [1.29, 1.82) is 0 Å². The van der Waals surface area contributed by atoms with Crippen LogP contribution in [0.5, 0.6) is 0 Å². The van der Waals surface area contributed by atoms with Crippen LogP contribution in [0.2, 0.25) is 0 Å². The molecule has 21 heavy (non-hydrogen) atoms. The van der Waals surface area contributed by atoms with Crippen molar-refractivity contribution in [3.8, 4) is 0 Å². The number of aryl methyl sites for hydroxylation is 1. The zero-order valence-corrected chi connectivity index (χ0v) is 12.4. The van der Waals surface area contributed by atoms with Gasteiger partial charge in [0.15, 0.2) is 5.03 Å². The third-order valence-corrected chi connectivity index (χ3v) is 5.26. The molecule has 0 spiro atoms. The normalized spacial score (nSPS) is 15.6. The van der Waals surface area contributed by atoms with Crippen LogP contribution in [0.25, 0.3) is 0 Å². The van der Waals surface area contributed by atoms with Crippen molar-refractivity contribution in [2.45, 2.75) is 37.4 Å². The molecule has 0 radical (unpaired) electrons. The van der Waals surface area contributed by atoms with Crippen LogP contribution < -0.4 is 0 Å². The predicted octanol–water partition coefficient (Wildman–Crippen LogP) is 2.21. The molecule has 5 nitrogen and oxygen atoms in total. The number of hydrogen-bond donors (Lipinski definition) is 1. The van der Waals surface area contributed by atoms with Gasteiger partial charge >= 0.3 is 0 Å². The molecule has 3 rings (SSSR count). The minimum atomic E-state index is -3.64. The number of sulfonamides is 1. The number of imidazole rings is 1. The molecule has 112 valence electrons. The molecule has 0 aliphatic heterocycles. The predicted molar refractivity (Wildman–Crippen MR) is 75.5 cm³/mol. The summed E-state index contributed by atoms with van der Waals surface area (Å²) < 4.78 is 40.1. The lowest BCUT2D eigenvalue weighted by Gasteiger charge is -2.21. The van der Waals surface area contributed by atoms with E-state index in [-0.39, 0.29) is 23.4 Å². The first kappa shape index (κ1) is 14.2. The third kappa shape index (κ3) is 2.98. The standard InChI is InChI=1S/C14H16FN3O2S/c1-10-16-8-14(17-10)21(19,20)18(13-5-6-13)9-11-3-2-4-12(15)7-11/h2-4,7-8,13H,5-6,9H2,1H3,(H,16,17). The Balaban J connectivity index is 1.91. The second-order valence-electron chi connectivity index (χ2n) is 5.24. The van der Waals surface area contributed by atoms with Crippen molar-refractivity contribution in [3.05, 3.63) is 47.7 Å². The Morgan fingerprint density at radius 2 is 2.19 bits per heavy atom. The number of rotatable bonds is 5. The van der Waals surface area contributed by atoms with Gasteiger partial charge in [-0.3, -0.25) is 0 Å². The molecule has 1 N–H and O–H groups in total. The number of aromatic nitrogens is 2. The fourth-order valence-corrected chi connectivity index (χ4v) is 3.88. The van der Waals surface area contributed by atoms with Gasteiger partial charge in [-0.2, -0.15) is 4.31 Å². The van der Waals surface area contributed by atoms with Crippen molar-refractivity contribution >= 4 is 10.0 Å². The molecular formula is C14H16FN3O2S. The van der Waals surface area contributed by atoms with Gasteiger partial charge < -0.3 is 4.98 Å². The fraction of sp³-hybridized carbons (Fsp3) is 0.357. The number of benzene rings is 1. The van der Waals surface area contributed by atoms with E-state index in [9.17, 15) is 12.8 Å². The number of hydrogen-bond acceptors (Lipinski definition) is 3. The highest BCUT2D eigenvalue weighted by Gasteiger charge is 2.38. The summed E-state index contributed by atoms with van der Waals surface area (Å²) in [5.74, 6) is 0.188. The first-order valence-electron chi connectivity index (χ1n) is 6.75. The molecule has 0 bridgehead atoms. The van der Waals surface area contributed by atoms with Gasteiger partial charge in [-0.05, 0) is 37.5 Å². The van der Waals surface area contributed by atoms with E-state index < -0.39 is 10.0 Å². The summed E-state index contributed by atoms with van der Waals surface area (Å²) in [5, 5.41) is 0.0864. The topological polar surface area (TPSA) is 66.1 Å². The maximum Gasteiger partial charge on any atom is 0.260 e. The Hall–Kier alpha value is -1.73. The number of halogens is 1. The largest absolute Gasteiger partial charge is 0.332 e. The smallest absolute Gasteiger partial charge is 0.260 e. The van der Waals surface area contributed by atoms with Gasteiger partial charge in [-0.25, -0.2) is 17.8 Å². The Kier molecular flexibility index (Phi) is 3.54. The molecule has 1 aliphatic carbocycles. The van der Waals surface area contributed by atoms with Gasteiger partial charge in [0.2, 0.25) is 0 Å². The van der Waals surface area contributed by atoms with E-state index in [1.54, 1.807) is 19.1 Å². The second-order valence-corrected chi connectivity index (χ2v) is 7.10. The van der Waals surface area contributed by atoms with Crippen LogP contribution >= 0.6 is 0 Å². The monoisotopic (exact) mass is 309 g/mol. The first-order chi connectivity index (χ1) is 9.96. The number of aromatic amines is 1. The average molecular weight is 309 g/mol. The molecule has 1 saturated carbocycles. The summed E-state index contributed by atoms with van der Waals surface area (Å²) in [6.07, 6.45) is 2.99. The Morgan fingerprint density at radius 1 is 1.43 bits per heavy atom. The Bertz CT molecular complexity index is 753. The van der Waals surface area contributed by atoms with Crippen LogP contribution in [0.1, 0.15) is 24.2 Å². The summed E-state index contributed by atoms with van der Waals surface area (Å²) in [4.78, 5) is 6.71. The second kappa shape index (κ2) is 5.23. The highest BCUT2D eigenvalue weighted by Crippen LogP contribution is 2.33. The molecule has 0 saturated heterocycles.